The maximum atomic E-state index is 13.7. The van der Waals surface area contributed by atoms with Crippen LogP contribution in [0.3, 0.4) is 0 Å². The number of anilines is 1. The van der Waals surface area contributed by atoms with Gasteiger partial charge in [0.1, 0.15) is 0 Å². The molecule has 2 bridgehead atoms. The number of likely N-dealkylation sites (tertiary alicyclic amines) is 1. The molecule has 1 aromatic rings. The second kappa shape index (κ2) is 8.90. The van der Waals surface area contributed by atoms with E-state index in [4.69, 9.17) is 0 Å². The summed E-state index contributed by atoms with van der Waals surface area (Å²) < 4.78 is 14.7. The van der Waals surface area contributed by atoms with Crippen LogP contribution >= 0.6 is 15.9 Å². The summed E-state index contributed by atoms with van der Waals surface area (Å²) in [6, 6.07) is 7.54. The topological polar surface area (TPSA) is 61.4 Å². The zero-order chi connectivity index (χ0) is 22.3. The minimum atomic E-state index is -0.801. The molecule has 3 aliphatic carbocycles. The Morgan fingerprint density at radius 3 is 2.38 bits per heavy atom. The molecule has 5 rings (SSSR count). The summed E-state index contributed by atoms with van der Waals surface area (Å²) in [5.41, 5.74) is 0.873. The number of alkyl halides is 1. The number of rotatable bonds is 8. The Kier molecular flexibility index (Phi) is 6.14. The van der Waals surface area contributed by atoms with E-state index in [2.05, 4.69) is 38.7 Å². The minimum Gasteiger partial charge on any atom is -0.356 e. The van der Waals surface area contributed by atoms with Crippen molar-refractivity contribution < 1.29 is 14.0 Å². The van der Waals surface area contributed by atoms with Gasteiger partial charge in [0.15, 0.2) is 6.30 Å². The number of amides is 2. The van der Waals surface area contributed by atoms with Gasteiger partial charge in [0.2, 0.25) is 11.8 Å². The van der Waals surface area contributed by atoms with Gasteiger partial charge < -0.3 is 10.6 Å². The molecule has 1 saturated heterocycles. The largest absolute Gasteiger partial charge is 0.356 e. The number of nitrogens with zero attached hydrogens (tertiary/aromatic N) is 1. The van der Waals surface area contributed by atoms with Gasteiger partial charge in [-0.1, -0.05) is 28.1 Å². The van der Waals surface area contributed by atoms with E-state index in [-0.39, 0.29) is 40.9 Å². The molecule has 0 aromatic heterocycles. The first-order valence-electron chi connectivity index (χ1n) is 11.9. The summed E-state index contributed by atoms with van der Waals surface area (Å²) >= 11 is 3.42. The lowest BCUT2D eigenvalue weighted by atomic mass is 9.81. The summed E-state index contributed by atoms with van der Waals surface area (Å²) in [5, 5.41) is 6.14. The molecule has 0 radical (unpaired) electrons. The van der Waals surface area contributed by atoms with E-state index in [1.165, 1.54) is 0 Å². The molecule has 172 valence electrons. The van der Waals surface area contributed by atoms with Crippen LogP contribution in [0.4, 0.5) is 10.1 Å². The van der Waals surface area contributed by atoms with Crippen molar-refractivity contribution in [1.82, 2.24) is 10.2 Å². The molecule has 7 heteroatoms. The second-order valence-corrected chi connectivity index (χ2v) is 10.7. The Labute approximate surface area is 197 Å². The van der Waals surface area contributed by atoms with E-state index in [1.807, 2.05) is 29.2 Å². The smallest absolute Gasteiger partial charge is 0.228 e. The van der Waals surface area contributed by atoms with Crippen LogP contribution in [0.2, 0.25) is 0 Å². The fourth-order valence-corrected chi connectivity index (χ4v) is 6.54. The highest BCUT2D eigenvalue weighted by atomic mass is 79.9. The van der Waals surface area contributed by atoms with Crippen molar-refractivity contribution in [3.63, 3.8) is 0 Å². The van der Waals surface area contributed by atoms with Crippen LogP contribution in [0.5, 0.6) is 0 Å². The van der Waals surface area contributed by atoms with Gasteiger partial charge in [-0.25, -0.2) is 4.39 Å². The summed E-state index contributed by atoms with van der Waals surface area (Å²) in [7, 11) is 0. The Morgan fingerprint density at radius 2 is 1.75 bits per heavy atom. The van der Waals surface area contributed by atoms with Crippen molar-refractivity contribution >= 4 is 33.4 Å². The molecule has 5 atom stereocenters. The molecule has 0 unspecified atom stereocenters. The molecular weight excluding hydrogens is 473 g/mol. The van der Waals surface area contributed by atoms with Crippen molar-refractivity contribution in [2.24, 2.45) is 29.1 Å². The van der Waals surface area contributed by atoms with Crippen LogP contribution in [-0.2, 0) is 9.59 Å². The highest BCUT2D eigenvalue weighted by molar-refractivity contribution is 9.10. The normalized spacial score (nSPS) is 31.9. The van der Waals surface area contributed by atoms with Crippen LogP contribution in [0.1, 0.15) is 38.5 Å². The highest BCUT2D eigenvalue weighted by Gasteiger charge is 2.69. The van der Waals surface area contributed by atoms with E-state index in [0.717, 1.165) is 55.4 Å². The van der Waals surface area contributed by atoms with Crippen LogP contribution in [0.25, 0.3) is 0 Å². The fraction of sp³-hybridized carbons (Fsp3) is 0.600. The van der Waals surface area contributed by atoms with Crippen LogP contribution in [0, 0.1) is 29.1 Å². The number of benzene rings is 1. The lowest BCUT2D eigenvalue weighted by Crippen LogP contribution is -2.42. The van der Waals surface area contributed by atoms with E-state index in [9.17, 15) is 14.0 Å². The minimum absolute atomic E-state index is 0.00591. The van der Waals surface area contributed by atoms with Crippen LogP contribution < -0.4 is 10.6 Å². The third kappa shape index (κ3) is 4.03. The van der Waals surface area contributed by atoms with Crippen LogP contribution in [0.15, 0.2) is 40.9 Å². The third-order valence-corrected chi connectivity index (χ3v) is 8.54. The van der Waals surface area contributed by atoms with Crippen molar-refractivity contribution in [3.05, 3.63) is 40.9 Å². The first-order valence-corrected chi connectivity index (χ1v) is 12.7. The maximum Gasteiger partial charge on any atom is 0.228 e. The molecule has 2 N–H and O–H groups in total. The number of hydrogen-bond acceptors (Lipinski definition) is 3. The van der Waals surface area contributed by atoms with E-state index in [0.29, 0.717) is 13.0 Å². The molecule has 1 spiro atoms. The molecule has 3 fully saturated rings. The fourth-order valence-electron chi connectivity index (χ4n) is 6.28. The number of carbonyl (C=O) groups is 2. The predicted molar refractivity (Wildman–Crippen MR) is 125 cm³/mol. The lowest BCUT2D eigenvalue weighted by molar-refractivity contribution is -0.132. The lowest BCUT2D eigenvalue weighted by Gasteiger charge is -2.26. The summed E-state index contributed by atoms with van der Waals surface area (Å²) in [4.78, 5) is 28.4. The number of unbranched alkanes of at least 4 members (excludes halogenated alkanes) is 1. The number of nitrogens with one attached hydrogen (secondary N) is 2. The molecule has 2 saturated carbocycles. The van der Waals surface area contributed by atoms with Gasteiger partial charge in [-0.3, -0.25) is 14.5 Å². The Bertz CT molecular complexity index is 901. The molecular formula is C25H31BrFN3O2. The predicted octanol–water partition coefficient (Wildman–Crippen LogP) is 4.50. The molecule has 2 amide bonds. The zero-order valence-electron chi connectivity index (χ0n) is 18.2. The monoisotopic (exact) mass is 503 g/mol. The van der Waals surface area contributed by atoms with Gasteiger partial charge in [0.05, 0.1) is 11.8 Å². The van der Waals surface area contributed by atoms with Gasteiger partial charge in [-0.05, 0) is 80.0 Å². The second-order valence-electron chi connectivity index (χ2n) is 9.83. The van der Waals surface area contributed by atoms with E-state index < -0.39 is 6.30 Å². The molecule has 32 heavy (non-hydrogen) atoms. The summed E-state index contributed by atoms with van der Waals surface area (Å²) in [5.74, 6) is -0.391. The number of allylic oxidation sites excluding steroid dienone is 2. The quantitative estimate of drug-likeness (QED) is 0.311. The van der Waals surface area contributed by atoms with Crippen molar-refractivity contribution in [1.29, 1.82) is 0 Å². The van der Waals surface area contributed by atoms with Gasteiger partial charge in [-0.15, -0.1) is 0 Å². The molecule has 4 aliphatic rings. The summed E-state index contributed by atoms with van der Waals surface area (Å²) in [6.07, 6.45) is 9.02. The average Bonchev–Trinajstić information content (AvgIpc) is 3.28. The van der Waals surface area contributed by atoms with Crippen molar-refractivity contribution in [2.75, 3.05) is 25.0 Å². The third-order valence-electron chi connectivity index (χ3n) is 8.01. The standard InChI is InChI=1S/C25H31BrFN3O2/c26-16-5-7-17(8-6-16)29-24(32)22-19-10-9-18(25(19)11-12-25)21(22)23(31)28-13-1-2-14-30-15-3-4-20(30)27/h5-10,18-22H,1-4,11-15H2,(H,28,31)(H,29,32)/t18-,19+,20+,21-,22-/m1/s1. The van der Waals surface area contributed by atoms with E-state index in [1.54, 1.807) is 0 Å². The summed E-state index contributed by atoms with van der Waals surface area (Å²) in [6.45, 7) is 2.16. The first-order chi connectivity index (χ1) is 15.5. The highest BCUT2D eigenvalue weighted by Crippen LogP contribution is 2.72. The van der Waals surface area contributed by atoms with Crippen molar-refractivity contribution in [2.45, 2.75) is 44.8 Å². The van der Waals surface area contributed by atoms with Crippen LogP contribution in [-0.4, -0.2) is 42.6 Å². The van der Waals surface area contributed by atoms with Gasteiger partial charge in [0, 0.05) is 29.8 Å². The van der Waals surface area contributed by atoms with Crippen molar-refractivity contribution in [3.8, 4) is 0 Å². The average molecular weight is 504 g/mol. The molecule has 5 nitrogen and oxygen atoms in total. The zero-order valence-corrected chi connectivity index (χ0v) is 19.8. The Hall–Kier alpha value is -1.73. The first kappa shape index (κ1) is 22.1. The Morgan fingerprint density at radius 1 is 1.06 bits per heavy atom. The molecule has 1 aromatic carbocycles. The number of halogens is 2. The van der Waals surface area contributed by atoms with Gasteiger partial charge >= 0.3 is 0 Å². The maximum absolute atomic E-state index is 13.7. The van der Waals surface area contributed by atoms with E-state index >= 15 is 0 Å². The SMILES string of the molecule is O=C(NCCCCN1CCC[C@H]1F)[C@H]1[C@H](C(=O)Nc2ccc(Br)cc2)[C@@H]2C=C[C@H]1C21CC1. The van der Waals surface area contributed by atoms with Gasteiger partial charge in [-0.2, -0.15) is 0 Å². The molecule has 1 heterocycles. The Balaban J connectivity index is 1.19. The number of carbonyl (C=O) groups excluding carboxylic acids is 2. The molecule has 1 aliphatic heterocycles. The van der Waals surface area contributed by atoms with Gasteiger partial charge in [0.25, 0.3) is 0 Å². The number of hydrogen-bond donors (Lipinski definition) is 2.